The van der Waals surface area contributed by atoms with Crippen LogP contribution in [0.1, 0.15) is 69.8 Å². The number of aryl methyl sites for hydroxylation is 1. The second-order valence-electron chi connectivity index (χ2n) is 6.27. The lowest BCUT2D eigenvalue weighted by Gasteiger charge is -2.12. The van der Waals surface area contributed by atoms with Crippen LogP contribution >= 0.6 is 0 Å². The van der Waals surface area contributed by atoms with E-state index in [2.05, 4.69) is 10.6 Å². The summed E-state index contributed by atoms with van der Waals surface area (Å²) in [5.41, 5.74) is 1.26. The third-order valence-corrected chi connectivity index (χ3v) is 4.22. The fourth-order valence-corrected chi connectivity index (χ4v) is 2.49. The molecule has 2 aromatic rings. The first-order valence-corrected chi connectivity index (χ1v) is 8.89. The average molecular weight is 372 g/mol. The van der Waals surface area contributed by atoms with E-state index in [0.29, 0.717) is 12.0 Å². The van der Waals surface area contributed by atoms with E-state index < -0.39 is 11.9 Å². The normalized spacial score (nSPS) is 11.7. The Morgan fingerprint density at radius 1 is 1.15 bits per heavy atom. The molecule has 0 saturated carbocycles. The molecule has 0 fully saturated rings. The van der Waals surface area contributed by atoms with E-state index in [0.717, 1.165) is 12.0 Å². The van der Waals surface area contributed by atoms with Crippen LogP contribution in [-0.4, -0.2) is 28.9 Å². The summed E-state index contributed by atoms with van der Waals surface area (Å²) in [6.45, 7) is 5.86. The minimum absolute atomic E-state index is 0.00800. The van der Waals surface area contributed by atoms with Gasteiger partial charge < -0.3 is 20.2 Å². The Labute approximate surface area is 157 Å². The number of aromatic carboxylic acids is 1. The van der Waals surface area contributed by atoms with Crippen molar-refractivity contribution >= 4 is 17.8 Å². The molecule has 1 atom stereocenters. The fourth-order valence-electron chi connectivity index (χ4n) is 2.49. The van der Waals surface area contributed by atoms with Gasteiger partial charge in [-0.1, -0.05) is 26.0 Å². The summed E-state index contributed by atoms with van der Waals surface area (Å²) in [7, 11) is 0. The van der Waals surface area contributed by atoms with Gasteiger partial charge in [0.15, 0.2) is 5.76 Å². The van der Waals surface area contributed by atoms with Crippen LogP contribution in [0.25, 0.3) is 0 Å². The predicted octanol–water partition coefficient (Wildman–Crippen LogP) is 3.00. The van der Waals surface area contributed by atoms with E-state index in [-0.39, 0.29) is 35.6 Å². The van der Waals surface area contributed by atoms with Crippen molar-refractivity contribution in [1.29, 1.82) is 0 Å². The summed E-state index contributed by atoms with van der Waals surface area (Å²) in [4.78, 5) is 35.6. The van der Waals surface area contributed by atoms with Gasteiger partial charge in [-0.2, -0.15) is 0 Å². The molecule has 7 heteroatoms. The van der Waals surface area contributed by atoms with Crippen molar-refractivity contribution in [1.82, 2.24) is 10.6 Å². The number of benzene rings is 1. The molecule has 7 nitrogen and oxygen atoms in total. The number of carboxylic acids is 1. The van der Waals surface area contributed by atoms with E-state index in [1.807, 2.05) is 13.8 Å². The van der Waals surface area contributed by atoms with Crippen molar-refractivity contribution in [2.45, 2.75) is 46.2 Å². The minimum atomic E-state index is -1.13. The number of furan rings is 1. The Balaban J connectivity index is 2.04. The van der Waals surface area contributed by atoms with Crippen LogP contribution < -0.4 is 10.6 Å². The Morgan fingerprint density at radius 2 is 1.89 bits per heavy atom. The Morgan fingerprint density at radius 3 is 2.48 bits per heavy atom. The van der Waals surface area contributed by atoms with Gasteiger partial charge in [-0.25, -0.2) is 4.79 Å². The number of amides is 2. The first kappa shape index (κ1) is 20.2. The van der Waals surface area contributed by atoms with Crippen LogP contribution in [0.3, 0.4) is 0 Å². The summed E-state index contributed by atoms with van der Waals surface area (Å²) >= 11 is 0. The van der Waals surface area contributed by atoms with Crippen LogP contribution in [0, 0.1) is 0 Å². The Hall–Kier alpha value is -3.09. The van der Waals surface area contributed by atoms with E-state index in [9.17, 15) is 14.4 Å². The molecule has 2 rings (SSSR count). The lowest BCUT2D eigenvalue weighted by Crippen LogP contribution is -2.32. The van der Waals surface area contributed by atoms with Crippen molar-refractivity contribution in [3.8, 4) is 0 Å². The van der Waals surface area contributed by atoms with Gasteiger partial charge in [-0.15, -0.1) is 0 Å². The van der Waals surface area contributed by atoms with Crippen LogP contribution in [-0.2, 0) is 13.0 Å². The Bertz CT molecular complexity index is 841. The zero-order chi connectivity index (χ0) is 20.0. The van der Waals surface area contributed by atoms with Crippen molar-refractivity contribution in [3.63, 3.8) is 0 Å². The summed E-state index contributed by atoms with van der Waals surface area (Å²) in [6, 6.07) is 8.27. The van der Waals surface area contributed by atoms with E-state index >= 15 is 0 Å². The van der Waals surface area contributed by atoms with Crippen LogP contribution in [0.15, 0.2) is 34.7 Å². The molecule has 0 radical (unpaired) electrons. The molecule has 0 spiro atoms. The number of hydrogen-bond acceptors (Lipinski definition) is 4. The molecule has 27 heavy (non-hydrogen) atoms. The number of hydrogen-bond donors (Lipinski definition) is 3. The highest BCUT2D eigenvalue weighted by molar-refractivity contribution is 5.96. The van der Waals surface area contributed by atoms with E-state index in [1.165, 1.54) is 6.07 Å². The lowest BCUT2D eigenvalue weighted by atomic mass is 10.1. The van der Waals surface area contributed by atoms with Crippen molar-refractivity contribution in [2.75, 3.05) is 0 Å². The predicted molar refractivity (Wildman–Crippen MR) is 99.9 cm³/mol. The first-order chi connectivity index (χ1) is 12.8. The van der Waals surface area contributed by atoms with Crippen LogP contribution in [0.2, 0.25) is 0 Å². The Kier molecular flexibility index (Phi) is 6.76. The van der Waals surface area contributed by atoms with Gasteiger partial charge in [0.05, 0.1) is 0 Å². The molecule has 0 saturated heterocycles. The van der Waals surface area contributed by atoms with Gasteiger partial charge in [-0.05, 0) is 31.0 Å². The zero-order valence-electron chi connectivity index (χ0n) is 15.7. The average Bonchev–Trinajstić information content (AvgIpc) is 3.11. The SMILES string of the molecule is CCc1oc(C(=O)NCc2cccc(C(=O)NC(C)CC)c2)cc1C(=O)O. The van der Waals surface area contributed by atoms with Gasteiger partial charge >= 0.3 is 5.97 Å². The summed E-state index contributed by atoms with van der Waals surface area (Å²) in [5.74, 6) is -1.59. The number of nitrogens with one attached hydrogen (secondary N) is 2. The highest BCUT2D eigenvalue weighted by atomic mass is 16.4. The number of carboxylic acid groups (broad SMARTS) is 1. The smallest absolute Gasteiger partial charge is 0.339 e. The number of carbonyl (C=O) groups is 3. The highest BCUT2D eigenvalue weighted by Crippen LogP contribution is 2.16. The second kappa shape index (κ2) is 9.02. The topological polar surface area (TPSA) is 109 Å². The molecule has 3 N–H and O–H groups in total. The summed E-state index contributed by atoms with van der Waals surface area (Å²) in [5, 5.41) is 14.7. The van der Waals surface area contributed by atoms with Gasteiger partial charge in [0.1, 0.15) is 11.3 Å². The van der Waals surface area contributed by atoms with Crippen LogP contribution in [0.5, 0.6) is 0 Å². The number of carbonyl (C=O) groups excluding carboxylic acids is 2. The molecule has 0 aliphatic heterocycles. The first-order valence-electron chi connectivity index (χ1n) is 8.89. The monoisotopic (exact) mass is 372 g/mol. The standard InChI is InChI=1S/C20H24N2O5/c1-4-12(3)22-18(23)14-8-6-7-13(9-14)11-21-19(24)17-10-15(20(25)26)16(5-2)27-17/h6-10,12H,4-5,11H2,1-3H3,(H,21,24)(H,22,23)(H,25,26). The molecule has 0 aliphatic rings. The molecule has 0 bridgehead atoms. The molecule has 1 aromatic carbocycles. The molecule has 144 valence electrons. The molecule has 1 heterocycles. The quantitative estimate of drug-likeness (QED) is 0.660. The van der Waals surface area contributed by atoms with Gasteiger partial charge in [0, 0.05) is 30.6 Å². The molecule has 1 aromatic heterocycles. The maximum absolute atomic E-state index is 12.2. The van der Waals surface area contributed by atoms with Gasteiger partial charge in [0.25, 0.3) is 11.8 Å². The van der Waals surface area contributed by atoms with E-state index in [1.54, 1.807) is 31.2 Å². The molecule has 0 aliphatic carbocycles. The maximum atomic E-state index is 12.2. The van der Waals surface area contributed by atoms with Gasteiger partial charge in [-0.3, -0.25) is 9.59 Å². The van der Waals surface area contributed by atoms with Gasteiger partial charge in [0.2, 0.25) is 0 Å². The molecular formula is C20H24N2O5. The third-order valence-electron chi connectivity index (χ3n) is 4.22. The minimum Gasteiger partial charge on any atom is -0.478 e. The van der Waals surface area contributed by atoms with Crippen LogP contribution in [0.4, 0.5) is 0 Å². The third kappa shape index (κ3) is 5.20. The summed E-state index contributed by atoms with van der Waals surface area (Å²) < 4.78 is 5.34. The largest absolute Gasteiger partial charge is 0.478 e. The maximum Gasteiger partial charge on any atom is 0.339 e. The molecule has 1 unspecified atom stereocenters. The highest BCUT2D eigenvalue weighted by Gasteiger charge is 2.20. The molecular weight excluding hydrogens is 348 g/mol. The summed E-state index contributed by atoms with van der Waals surface area (Å²) in [6.07, 6.45) is 1.21. The number of rotatable bonds is 8. The van der Waals surface area contributed by atoms with Crippen molar-refractivity contribution in [2.24, 2.45) is 0 Å². The van der Waals surface area contributed by atoms with Crippen molar-refractivity contribution < 1.29 is 23.9 Å². The fraction of sp³-hybridized carbons (Fsp3) is 0.350. The van der Waals surface area contributed by atoms with E-state index in [4.69, 9.17) is 9.52 Å². The second-order valence-corrected chi connectivity index (χ2v) is 6.27. The zero-order valence-corrected chi connectivity index (χ0v) is 15.7. The van der Waals surface area contributed by atoms with Crippen molar-refractivity contribution in [3.05, 3.63) is 58.5 Å². The lowest BCUT2D eigenvalue weighted by molar-refractivity contribution is 0.0693. The molecule has 2 amide bonds.